The topological polar surface area (TPSA) is 83.1 Å². The first-order valence-electron chi connectivity index (χ1n) is 12.3. The van der Waals surface area contributed by atoms with Gasteiger partial charge < -0.3 is 58.7 Å². The molecule has 0 radical (unpaired) electrons. The van der Waals surface area contributed by atoms with Crippen molar-refractivity contribution in [3.63, 3.8) is 0 Å². The van der Waals surface area contributed by atoms with Crippen molar-refractivity contribution in [2.45, 2.75) is 44.6 Å². The predicted molar refractivity (Wildman–Crippen MR) is 125 cm³/mol. The molecule has 8 nitrogen and oxygen atoms in total. The number of rotatable bonds is 12. The lowest BCUT2D eigenvalue weighted by atomic mass is 9.85. The van der Waals surface area contributed by atoms with Gasteiger partial charge in [-0.1, -0.05) is 19.3 Å². The second-order valence-corrected chi connectivity index (χ2v) is 9.33. The number of nitrogens with one attached hydrogen (secondary N) is 2. The van der Waals surface area contributed by atoms with E-state index in [0.29, 0.717) is 41.2 Å². The highest BCUT2D eigenvalue weighted by molar-refractivity contribution is 5.81. The van der Waals surface area contributed by atoms with E-state index >= 15 is 0 Å². The van der Waals surface area contributed by atoms with Gasteiger partial charge in [-0.05, 0) is 12.8 Å². The molecule has 2 aliphatic rings. The Balaban J connectivity index is 0.00000306. The van der Waals surface area contributed by atoms with E-state index in [4.69, 9.17) is 18.9 Å². The lowest BCUT2D eigenvalue weighted by Crippen LogP contribution is -3.28. The van der Waals surface area contributed by atoms with Gasteiger partial charge in [0.1, 0.15) is 57.0 Å². The van der Waals surface area contributed by atoms with Crippen LogP contribution in [0.3, 0.4) is 0 Å². The number of aliphatic hydroxyl groups excluding tert-OH is 1. The molecule has 1 aromatic rings. The number of Topliss-reactive ketones (excluding diaryl/α,β-unsaturated/α-hetero) is 1. The van der Waals surface area contributed by atoms with Gasteiger partial charge in [-0.3, -0.25) is 4.79 Å². The highest BCUT2D eigenvalue weighted by Crippen LogP contribution is 2.40. The van der Waals surface area contributed by atoms with Gasteiger partial charge in [-0.25, -0.2) is 0 Å². The molecule has 2 fully saturated rings. The zero-order valence-corrected chi connectivity index (χ0v) is 22.8. The summed E-state index contributed by atoms with van der Waals surface area (Å²) in [7, 11) is 4.68. The number of ketones is 1. The molecule has 1 heterocycles. The van der Waals surface area contributed by atoms with Crippen molar-refractivity contribution in [3.05, 3.63) is 12.1 Å². The number of halogens is 2. The molecular formula is C25H42Cl2N2O6. The number of carbonyl (C=O) groups is 1. The average molecular weight is 538 g/mol. The molecule has 0 aromatic heterocycles. The fourth-order valence-electron chi connectivity index (χ4n) is 5.06. The Morgan fingerprint density at radius 1 is 0.943 bits per heavy atom. The first kappa shape index (κ1) is 31.6. The van der Waals surface area contributed by atoms with E-state index in [2.05, 4.69) is 0 Å². The molecular weight excluding hydrogens is 495 g/mol. The number of benzene rings is 1. The van der Waals surface area contributed by atoms with Crippen molar-refractivity contribution < 1.29 is 63.5 Å². The number of methoxy groups -OCH3 is 3. The Hall–Kier alpha value is -1.45. The largest absolute Gasteiger partial charge is 1.00 e. The van der Waals surface area contributed by atoms with Gasteiger partial charge in [0.2, 0.25) is 5.75 Å². The fraction of sp³-hybridized carbons (Fsp3) is 0.720. The average Bonchev–Trinajstić information content (AvgIpc) is 2.86. The van der Waals surface area contributed by atoms with Crippen molar-refractivity contribution in [3.8, 4) is 23.0 Å². The van der Waals surface area contributed by atoms with Crippen molar-refractivity contribution in [2.24, 2.45) is 5.92 Å². The summed E-state index contributed by atoms with van der Waals surface area (Å²) in [6.45, 7) is 5.92. The third kappa shape index (κ3) is 9.50. The minimum Gasteiger partial charge on any atom is -1.00 e. The molecule has 35 heavy (non-hydrogen) atoms. The maximum atomic E-state index is 12.5. The summed E-state index contributed by atoms with van der Waals surface area (Å²) in [5.74, 6) is 2.93. The zero-order chi connectivity index (χ0) is 23.6. The van der Waals surface area contributed by atoms with Crippen LogP contribution in [-0.2, 0) is 4.79 Å². The summed E-state index contributed by atoms with van der Waals surface area (Å²) in [6.07, 6.45) is 6.09. The van der Waals surface area contributed by atoms with E-state index in [9.17, 15) is 9.90 Å². The molecule has 10 heteroatoms. The molecule has 0 amide bonds. The quantitative estimate of drug-likeness (QED) is 0.246. The van der Waals surface area contributed by atoms with Crippen LogP contribution >= 0.6 is 0 Å². The molecule has 3 N–H and O–H groups in total. The van der Waals surface area contributed by atoms with Gasteiger partial charge in [-0.15, -0.1) is 0 Å². The third-order valence-electron chi connectivity index (χ3n) is 7.05. The standard InChI is InChI=1S/C25H40N2O6.2ClH/c1-30-23-15-21(16-24(31-2)25(23)32-3)33-18-20(28)17-27-13-11-26(12-14-27)10-9-22(29)19-7-5-4-6-8-19;;/h15-16,19-20,28H,4-14,17-18H2,1-3H3;2*1H. The normalized spacial score (nSPS) is 21.1. The number of hydrogen-bond donors (Lipinski definition) is 3. The number of carbonyl (C=O) groups excluding carboxylic acids is 1. The first-order valence-corrected chi connectivity index (χ1v) is 12.3. The molecule has 3 rings (SSSR count). The maximum absolute atomic E-state index is 12.5. The second kappa shape index (κ2) is 16.3. The van der Waals surface area contributed by atoms with Gasteiger partial charge in [-0.2, -0.15) is 0 Å². The molecule has 1 unspecified atom stereocenters. The van der Waals surface area contributed by atoms with E-state index in [-0.39, 0.29) is 31.4 Å². The smallest absolute Gasteiger partial charge is 0.203 e. The van der Waals surface area contributed by atoms with E-state index in [1.54, 1.807) is 33.5 Å². The van der Waals surface area contributed by atoms with Crippen LogP contribution in [0.5, 0.6) is 23.0 Å². The van der Waals surface area contributed by atoms with Crippen LogP contribution in [0.1, 0.15) is 38.5 Å². The highest BCUT2D eigenvalue weighted by Gasteiger charge is 2.27. The molecule has 1 atom stereocenters. The first-order chi connectivity index (χ1) is 16.0. The molecule has 1 aliphatic heterocycles. The number of ether oxygens (including phenoxy) is 4. The summed E-state index contributed by atoms with van der Waals surface area (Å²) in [5.41, 5.74) is 0. The number of quaternary nitrogens is 2. The summed E-state index contributed by atoms with van der Waals surface area (Å²) in [6, 6.07) is 3.47. The van der Waals surface area contributed by atoms with E-state index in [0.717, 1.165) is 52.0 Å². The maximum Gasteiger partial charge on any atom is 0.203 e. The minimum atomic E-state index is -0.562. The van der Waals surface area contributed by atoms with Crippen molar-refractivity contribution >= 4 is 5.78 Å². The fourth-order valence-corrected chi connectivity index (χ4v) is 5.06. The molecule has 1 saturated carbocycles. The van der Waals surface area contributed by atoms with Crippen molar-refractivity contribution in [2.75, 3.05) is 67.2 Å². The molecule has 1 aliphatic carbocycles. The van der Waals surface area contributed by atoms with Crippen LogP contribution in [0.4, 0.5) is 0 Å². The van der Waals surface area contributed by atoms with Crippen LogP contribution in [0, 0.1) is 5.92 Å². The monoisotopic (exact) mass is 536 g/mol. The van der Waals surface area contributed by atoms with Crippen molar-refractivity contribution in [1.82, 2.24) is 0 Å². The van der Waals surface area contributed by atoms with Crippen LogP contribution in [-0.4, -0.2) is 84.2 Å². The summed E-state index contributed by atoms with van der Waals surface area (Å²) in [4.78, 5) is 15.4. The number of piperazine rings is 1. The van der Waals surface area contributed by atoms with Crippen LogP contribution in [0.2, 0.25) is 0 Å². The number of aliphatic hydroxyl groups is 1. The van der Waals surface area contributed by atoms with Gasteiger partial charge in [0.05, 0.1) is 34.3 Å². The van der Waals surface area contributed by atoms with Crippen molar-refractivity contribution in [1.29, 1.82) is 0 Å². The molecule has 1 saturated heterocycles. The highest BCUT2D eigenvalue weighted by atomic mass is 35.5. The zero-order valence-electron chi connectivity index (χ0n) is 21.2. The van der Waals surface area contributed by atoms with E-state index in [1.165, 1.54) is 29.1 Å². The Morgan fingerprint density at radius 2 is 1.51 bits per heavy atom. The van der Waals surface area contributed by atoms with Gasteiger partial charge in [0, 0.05) is 18.1 Å². The summed E-state index contributed by atoms with van der Waals surface area (Å²) < 4.78 is 21.8. The Morgan fingerprint density at radius 3 is 2.06 bits per heavy atom. The van der Waals surface area contributed by atoms with E-state index < -0.39 is 6.10 Å². The van der Waals surface area contributed by atoms with Crippen LogP contribution < -0.4 is 53.6 Å². The molecule has 202 valence electrons. The van der Waals surface area contributed by atoms with Crippen LogP contribution in [0.15, 0.2) is 12.1 Å². The molecule has 0 bridgehead atoms. The lowest BCUT2D eigenvalue weighted by molar-refractivity contribution is -1.01. The Bertz CT molecular complexity index is 730. The predicted octanol–water partition coefficient (Wildman–Crippen LogP) is -6.22. The molecule has 1 aromatic carbocycles. The van der Waals surface area contributed by atoms with Gasteiger partial charge >= 0.3 is 0 Å². The van der Waals surface area contributed by atoms with Gasteiger partial charge in [0.25, 0.3) is 0 Å². The Labute approximate surface area is 222 Å². The summed E-state index contributed by atoms with van der Waals surface area (Å²) >= 11 is 0. The number of hydrogen-bond acceptors (Lipinski definition) is 6. The van der Waals surface area contributed by atoms with E-state index in [1.807, 2.05) is 0 Å². The van der Waals surface area contributed by atoms with Gasteiger partial charge in [0.15, 0.2) is 11.5 Å². The molecule has 0 spiro atoms. The Kier molecular flexibility index (Phi) is 14.7. The second-order valence-electron chi connectivity index (χ2n) is 9.33. The third-order valence-corrected chi connectivity index (χ3v) is 7.05. The summed E-state index contributed by atoms with van der Waals surface area (Å²) in [5, 5.41) is 10.5. The van der Waals surface area contributed by atoms with Crippen LogP contribution in [0.25, 0.3) is 0 Å². The SMILES string of the molecule is COc1cc(OCC(O)C[NH+]2CC[NH+](CCC(=O)C3CCCCC3)CC2)cc(OC)c1OC.[Cl-].[Cl-]. The lowest BCUT2D eigenvalue weighted by Gasteiger charge is -2.31. The minimum absolute atomic E-state index is 0.